The van der Waals surface area contributed by atoms with E-state index in [0.29, 0.717) is 6.61 Å². The molecular formula is C13H23N3O. The van der Waals surface area contributed by atoms with Gasteiger partial charge in [-0.3, -0.25) is 0 Å². The molecule has 0 fully saturated rings. The van der Waals surface area contributed by atoms with E-state index in [9.17, 15) is 0 Å². The second-order valence-electron chi connectivity index (χ2n) is 4.03. The fourth-order valence-electron chi connectivity index (χ4n) is 1.71. The van der Waals surface area contributed by atoms with Crippen molar-refractivity contribution in [2.45, 2.75) is 26.2 Å². The first-order valence-corrected chi connectivity index (χ1v) is 6.28. The summed E-state index contributed by atoms with van der Waals surface area (Å²) in [5.41, 5.74) is 5.47. The number of pyridine rings is 1. The number of aromatic nitrogens is 1. The predicted molar refractivity (Wildman–Crippen MR) is 71.6 cm³/mol. The van der Waals surface area contributed by atoms with E-state index in [1.165, 1.54) is 0 Å². The van der Waals surface area contributed by atoms with Gasteiger partial charge < -0.3 is 15.4 Å². The molecular weight excluding hydrogens is 214 g/mol. The molecule has 0 radical (unpaired) electrons. The van der Waals surface area contributed by atoms with E-state index < -0.39 is 0 Å². The van der Waals surface area contributed by atoms with Crippen molar-refractivity contribution in [1.29, 1.82) is 0 Å². The fourth-order valence-corrected chi connectivity index (χ4v) is 1.71. The Morgan fingerprint density at radius 1 is 1.35 bits per heavy atom. The zero-order valence-electron chi connectivity index (χ0n) is 10.9. The Morgan fingerprint density at radius 2 is 2.18 bits per heavy atom. The Bertz CT molecular complexity index is 317. The van der Waals surface area contributed by atoms with E-state index in [2.05, 4.69) is 9.88 Å². The second-order valence-corrected chi connectivity index (χ2v) is 4.03. The normalized spacial score (nSPS) is 10.3. The lowest BCUT2D eigenvalue weighted by Gasteiger charge is -2.20. The highest BCUT2D eigenvalue weighted by atomic mass is 16.5. The lowest BCUT2D eigenvalue weighted by Crippen LogP contribution is -2.20. The first kappa shape index (κ1) is 13.8. The van der Waals surface area contributed by atoms with Crippen LogP contribution in [0.1, 0.15) is 26.2 Å². The van der Waals surface area contributed by atoms with E-state index >= 15 is 0 Å². The summed E-state index contributed by atoms with van der Waals surface area (Å²) in [7, 11) is 2.05. The Kier molecular flexibility index (Phi) is 6.40. The van der Waals surface area contributed by atoms with Crippen LogP contribution in [0.2, 0.25) is 0 Å². The molecule has 0 spiro atoms. The summed E-state index contributed by atoms with van der Waals surface area (Å²) in [4.78, 5) is 6.51. The highest BCUT2D eigenvalue weighted by Crippen LogP contribution is 2.24. The Labute approximate surface area is 104 Å². The number of ether oxygens (including phenoxy) is 1. The molecule has 17 heavy (non-hydrogen) atoms. The Hall–Kier alpha value is -1.29. The smallest absolute Gasteiger partial charge is 0.171 e. The van der Waals surface area contributed by atoms with Gasteiger partial charge in [0, 0.05) is 19.8 Å². The lowest BCUT2D eigenvalue weighted by molar-refractivity contribution is 0.339. The highest BCUT2D eigenvalue weighted by molar-refractivity contribution is 5.51. The van der Waals surface area contributed by atoms with Crippen molar-refractivity contribution in [3.8, 4) is 5.75 Å². The average Bonchev–Trinajstić information content (AvgIpc) is 2.35. The van der Waals surface area contributed by atoms with Gasteiger partial charge in [-0.25, -0.2) is 4.98 Å². The molecule has 0 aliphatic carbocycles. The topological polar surface area (TPSA) is 51.4 Å². The largest absolute Gasteiger partial charge is 0.490 e. The van der Waals surface area contributed by atoms with E-state index in [-0.39, 0.29) is 0 Å². The zero-order valence-corrected chi connectivity index (χ0v) is 10.9. The van der Waals surface area contributed by atoms with Crippen LogP contribution in [0, 0.1) is 0 Å². The molecule has 0 unspecified atom stereocenters. The molecule has 0 saturated heterocycles. The van der Waals surface area contributed by atoms with Gasteiger partial charge >= 0.3 is 0 Å². The molecule has 1 heterocycles. The fraction of sp³-hybridized carbons (Fsp3) is 0.615. The van der Waals surface area contributed by atoms with Crippen LogP contribution in [-0.4, -0.2) is 31.7 Å². The molecule has 4 heteroatoms. The average molecular weight is 237 g/mol. The third kappa shape index (κ3) is 4.61. The van der Waals surface area contributed by atoms with Gasteiger partial charge in [0.15, 0.2) is 11.6 Å². The summed E-state index contributed by atoms with van der Waals surface area (Å²) >= 11 is 0. The molecule has 0 atom stereocenters. The second kappa shape index (κ2) is 7.90. The van der Waals surface area contributed by atoms with Crippen LogP contribution >= 0.6 is 0 Å². The predicted octanol–water partition coefficient (Wildman–Crippen LogP) is 2.05. The van der Waals surface area contributed by atoms with Crippen molar-refractivity contribution >= 4 is 5.82 Å². The summed E-state index contributed by atoms with van der Waals surface area (Å²) < 4.78 is 5.56. The molecule has 0 bridgehead atoms. The number of hydrogen-bond donors (Lipinski definition) is 1. The van der Waals surface area contributed by atoms with Crippen LogP contribution in [0.25, 0.3) is 0 Å². The molecule has 4 nitrogen and oxygen atoms in total. The zero-order chi connectivity index (χ0) is 12.5. The first-order valence-electron chi connectivity index (χ1n) is 6.28. The third-order valence-electron chi connectivity index (χ3n) is 2.61. The van der Waals surface area contributed by atoms with Crippen LogP contribution < -0.4 is 15.4 Å². The summed E-state index contributed by atoms with van der Waals surface area (Å²) in [6, 6.07) is 3.86. The molecule has 0 amide bonds. The molecule has 0 aromatic carbocycles. The van der Waals surface area contributed by atoms with E-state index in [0.717, 1.165) is 43.9 Å². The highest BCUT2D eigenvalue weighted by Gasteiger charge is 2.08. The van der Waals surface area contributed by atoms with Gasteiger partial charge in [-0.2, -0.15) is 0 Å². The SMILES string of the molecule is CCOc1cccnc1N(C)CCCCCN. The maximum Gasteiger partial charge on any atom is 0.171 e. The van der Waals surface area contributed by atoms with Crippen molar-refractivity contribution < 1.29 is 4.74 Å². The molecule has 96 valence electrons. The summed E-state index contributed by atoms with van der Waals surface area (Å²) in [5, 5.41) is 0. The lowest BCUT2D eigenvalue weighted by atomic mass is 10.2. The monoisotopic (exact) mass is 237 g/mol. The summed E-state index contributed by atoms with van der Waals surface area (Å²) in [6.45, 7) is 4.41. The van der Waals surface area contributed by atoms with Crippen LogP contribution in [0.15, 0.2) is 18.3 Å². The van der Waals surface area contributed by atoms with Crippen LogP contribution in [0.3, 0.4) is 0 Å². The van der Waals surface area contributed by atoms with Gasteiger partial charge in [0.2, 0.25) is 0 Å². The number of rotatable bonds is 8. The number of nitrogens with two attached hydrogens (primary N) is 1. The van der Waals surface area contributed by atoms with Gasteiger partial charge in [-0.15, -0.1) is 0 Å². The molecule has 1 aromatic heterocycles. The van der Waals surface area contributed by atoms with Gasteiger partial charge in [0.25, 0.3) is 0 Å². The molecule has 1 aromatic rings. The van der Waals surface area contributed by atoms with Crippen LogP contribution in [-0.2, 0) is 0 Å². The molecule has 2 N–H and O–H groups in total. The first-order chi connectivity index (χ1) is 8.29. The maximum atomic E-state index is 5.56. The minimum Gasteiger partial charge on any atom is -0.490 e. The van der Waals surface area contributed by atoms with Gasteiger partial charge in [-0.1, -0.05) is 6.42 Å². The van der Waals surface area contributed by atoms with Gasteiger partial charge in [-0.05, 0) is 38.4 Å². The van der Waals surface area contributed by atoms with Gasteiger partial charge in [0.05, 0.1) is 6.61 Å². The molecule has 0 aliphatic heterocycles. The standard InChI is InChI=1S/C13H23N3O/c1-3-17-12-8-7-10-15-13(12)16(2)11-6-4-5-9-14/h7-8,10H,3-6,9,11,14H2,1-2H3. The Balaban J connectivity index is 2.52. The molecule has 0 saturated carbocycles. The van der Waals surface area contributed by atoms with Crippen LogP contribution in [0.4, 0.5) is 5.82 Å². The van der Waals surface area contributed by atoms with Crippen molar-refractivity contribution in [1.82, 2.24) is 4.98 Å². The third-order valence-corrected chi connectivity index (χ3v) is 2.61. The van der Waals surface area contributed by atoms with E-state index in [1.807, 2.05) is 26.1 Å². The van der Waals surface area contributed by atoms with Gasteiger partial charge in [0.1, 0.15) is 0 Å². The quantitative estimate of drug-likeness (QED) is 0.703. The number of hydrogen-bond acceptors (Lipinski definition) is 4. The molecule has 1 rings (SSSR count). The van der Waals surface area contributed by atoms with E-state index in [4.69, 9.17) is 10.5 Å². The van der Waals surface area contributed by atoms with Crippen molar-refractivity contribution in [3.63, 3.8) is 0 Å². The number of nitrogens with zero attached hydrogens (tertiary/aromatic N) is 2. The van der Waals surface area contributed by atoms with Crippen molar-refractivity contribution in [3.05, 3.63) is 18.3 Å². The minimum atomic E-state index is 0.666. The maximum absolute atomic E-state index is 5.56. The van der Waals surface area contributed by atoms with Crippen molar-refractivity contribution in [2.24, 2.45) is 5.73 Å². The van der Waals surface area contributed by atoms with E-state index in [1.54, 1.807) is 6.20 Å². The Morgan fingerprint density at radius 3 is 2.88 bits per heavy atom. The van der Waals surface area contributed by atoms with Crippen molar-refractivity contribution in [2.75, 3.05) is 31.6 Å². The number of unbranched alkanes of at least 4 members (excludes halogenated alkanes) is 2. The number of anilines is 1. The summed E-state index contributed by atoms with van der Waals surface area (Å²) in [6.07, 6.45) is 5.19. The minimum absolute atomic E-state index is 0.666. The van der Waals surface area contributed by atoms with Crippen LogP contribution in [0.5, 0.6) is 5.75 Å². The molecule has 0 aliphatic rings. The summed E-state index contributed by atoms with van der Waals surface area (Å²) in [5.74, 6) is 1.78.